The highest BCUT2D eigenvalue weighted by Gasteiger charge is 2.28. The lowest BCUT2D eigenvalue weighted by molar-refractivity contribution is -0.141. The average molecular weight is 311 g/mol. The minimum absolute atomic E-state index is 0.0602. The summed E-state index contributed by atoms with van der Waals surface area (Å²) >= 11 is 5.81. The van der Waals surface area contributed by atoms with Gasteiger partial charge in [-0.3, -0.25) is 14.5 Å². The van der Waals surface area contributed by atoms with Crippen LogP contribution in [-0.2, 0) is 16.0 Å². The number of carboxylic acids is 1. The van der Waals surface area contributed by atoms with Crippen molar-refractivity contribution >= 4 is 23.5 Å². The molecule has 0 saturated carbocycles. The van der Waals surface area contributed by atoms with Crippen LogP contribution in [0.2, 0.25) is 5.02 Å². The molecule has 6 heteroatoms. The number of carbonyl (C=O) groups is 2. The van der Waals surface area contributed by atoms with Crippen molar-refractivity contribution in [2.75, 3.05) is 26.2 Å². The van der Waals surface area contributed by atoms with E-state index < -0.39 is 5.97 Å². The van der Waals surface area contributed by atoms with Crippen LogP contribution in [0, 0.1) is 5.92 Å². The third-order valence-electron chi connectivity index (χ3n) is 3.64. The Balaban J connectivity index is 1.66. The number of carbonyl (C=O) groups excluding carboxylic acids is 1. The SMILES string of the molecule is O=C(CN1CCC(C(=O)O)C1)NCCc1ccc(Cl)cc1. The molecule has 2 rings (SSSR count). The van der Waals surface area contributed by atoms with Gasteiger partial charge in [-0.05, 0) is 37.1 Å². The molecule has 1 saturated heterocycles. The quantitative estimate of drug-likeness (QED) is 0.833. The van der Waals surface area contributed by atoms with Crippen LogP contribution in [0.15, 0.2) is 24.3 Å². The third kappa shape index (κ3) is 5.02. The van der Waals surface area contributed by atoms with E-state index in [0.717, 1.165) is 12.0 Å². The number of likely N-dealkylation sites (tertiary alicyclic amines) is 1. The molecule has 0 bridgehead atoms. The predicted molar refractivity (Wildman–Crippen MR) is 80.3 cm³/mol. The molecule has 1 aliphatic heterocycles. The van der Waals surface area contributed by atoms with Crippen LogP contribution < -0.4 is 5.32 Å². The Bertz CT molecular complexity index is 504. The number of nitrogens with one attached hydrogen (secondary N) is 1. The molecule has 21 heavy (non-hydrogen) atoms. The van der Waals surface area contributed by atoms with Crippen molar-refractivity contribution in [2.45, 2.75) is 12.8 Å². The summed E-state index contributed by atoms with van der Waals surface area (Å²) in [6.45, 7) is 1.96. The maximum atomic E-state index is 11.8. The van der Waals surface area contributed by atoms with Crippen LogP contribution in [0.5, 0.6) is 0 Å². The molecule has 1 unspecified atom stereocenters. The summed E-state index contributed by atoms with van der Waals surface area (Å²) < 4.78 is 0. The van der Waals surface area contributed by atoms with Crippen LogP contribution in [0.25, 0.3) is 0 Å². The Morgan fingerprint density at radius 2 is 2.05 bits per heavy atom. The highest BCUT2D eigenvalue weighted by molar-refractivity contribution is 6.30. The van der Waals surface area contributed by atoms with Crippen molar-refractivity contribution in [2.24, 2.45) is 5.92 Å². The number of rotatable bonds is 6. The lowest BCUT2D eigenvalue weighted by atomic mass is 10.1. The fourth-order valence-corrected chi connectivity index (χ4v) is 2.56. The van der Waals surface area contributed by atoms with E-state index in [-0.39, 0.29) is 18.4 Å². The molecule has 0 radical (unpaired) electrons. The maximum Gasteiger partial charge on any atom is 0.307 e. The van der Waals surface area contributed by atoms with Crippen molar-refractivity contribution in [3.8, 4) is 0 Å². The summed E-state index contributed by atoms with van der Waals surface area (Å²) in [6.07, 6.45) is 1.37. The topological polar surface area (TPSA) is 69.6 Å². The molecule has 1 aromatic rings. The van der Waals surface area contributed by atoms with Crippen molar-refractivity contribution in [1.82, 2.24) is 10.2 Å². The highest BCUT2D eigenvalue weighted by atomic mass is 35.5. The summed E-state index contributed by atoms with van der Waals surface area (Å²) in [4.78, 5) is 24.5. The van der Waals surface area contributed by atoms with Gasteiger partial charge < -0.3 is 10.4 Å². The van der Waals surface area contributed by atoms with Crippen LogP contribution in [0.1, 0.15) is 12.0 Å². The average Bonchev–Trinajstić information content (AvgIpc) is 2.90. The van der Waals surface area contributed by atoms with Gasteiger partial charge in [0.2, 0.25) is 5.91 Å². The first-order valence-corrected chi connectivity index (χ1v) is 7.38. The first-order chi connectivity index (χ1) is 10.0. The van der Waals surface area contributed by atoms with Gasteiger partial charge in [-0.15, -0.1) is 0 Å². The van der Waals surface area contributed by atoms with Crippen molar-refractivity contribution < 1.29 is 14.7 Å². The number of carboxylic acid groups (broad SMARTS) is 1. The molecule has 114 valence electrons. The molecular weight excluding hydrogens is 292 g/mol. The van der Waals surface area contributed by atoms with Gasteiger partial charge in [-0.2, -0.15) is 0 Å². The van der Waals surface area contributed by atoms with Crippen LogP contribution in [-0.4, -0.2) is 48.1 Å². The Labute approximate surface area is 128 Å². The summed E-state index contributed by atoms with van der Waals surface area (Å²) in [7, 11) is 0. The number of nitrogens with zero attached hydrogens (tertiary/aromatic N) is 1. The lowest BCUT2D eigenvalue weighted by Gasteiger charge is -2.14. The molecule has 0 aromatic heterocycles. The second-order valence-corrected chi connectivity index (χ2v) is 5.72. The Morgan fingerprint density at radius 1 is 1.33 bits per heavy atom. The van der Waals surface area contributed by atoms with E-state index in [9.17, 15) is 9.59 Å². The highest BCUT2D eigenvalue weighted by Crippen LogP contribution is 2.15. The molecule has 1 aliphatic rings. The first-order valence-electron chi connectivity index (χ1n) is 7.01. The number of hydrogen-bond acceptors (Lipinski definition) is 3. The zero-order valence-corrected chi connectivity index (χ0v) is 12.5. The lowest BCUT2D eigenvalue weighted by Crippen LogP contribution is -2.37. The second kappa shape index (κ2) is 7.43. The van der Waals surface area contributed by atoms with E-state index in [4.69, 9.17) is 16.7 Å². The van der Waals surface area contributed by atoms with Gasteiger partial charge >= 0.3 is 5.97 Å². The Hall–Kier alpha value is -1.59. The minimum atomic E-state index is -0.777. The molecule has 0 aliphatic carbocycles. The van der Waals surface area contributed by atoms with E-state index in [0.29, 0.717) is 31.1 Å². The molecule has 1 fully saturated rings. The smallest absolute Gasteiger partial charge is 0.307 e. The number of halogens is 1. The van der Waals surface area contributed by atoms with Crippen molar-refractivity contribution in [1.29, 1.82) is 0 Å². The minimum Gasteiger partial charge on any atom is -0.481 e. The van der Waals surface area contributed by atoms with Gasteiger partial charge in [-0.1, -0.05) is 23.7 Å². The molecule has 1 heterocycles. The van der Waals surface area contributed by atoms with E-state index in [1.165, 1.54) is 0 Å². The van der Waals surface area contributed by atoms with Gasteiger partial charge in [0, 0.05) is 18.1 Å². The fraction of sp³-hybridized carbons (Fsp3) is 0.467. The molecular formula is C15H19ClN2O3. The molecule has 5 nitrogen and oxygen atoms in total. The van der Waals surface area contributed by atoms with Gasteiger partial charge in [0.25, 0.3) is 0 Å². The monoisotopic (exact) mass is 310 g/mol. The van der Waals surface area contributed by atoms with Crippen LogP contribution in [0.4, 0.5) is 0 Å². The van der Waals surface area contributed by atoms with Gasteiger partial charge in [0.05, 0.1) is 12.5 Å². The number of benzene rings is 1. The first kappa shape index (κ1) is 15.8. The molecule has 1 amide bonds. The zero-order valence-electron chi connectivity index (χ0n) is 11.7. The second-order valence-electron chi connectivity index (χ2n) is 5.29. The predicted octanol–water partition coefficient (Wildman–Crippen LogP) is 1.41. The molecule has 1 atom stereocenters. The fourth-order valence-electron chi connectivity index (χ4n) is 2.43. The normalized spacial score (nSPS) is 18.6. The van der Waals surface area contributed by atoms with Gasteiger partial charge in [0.1, 0.15) is 0 Å². The maximum absolute atomic E-state index is 11.8. The van der Waals surface area contributed by atoms with Crippen molar-refractivity contribution in [3.05, 3.63) is 34.9 Å². The zero-order chi connectivity index (χ0) is 15.2. The van der Waals surface area contributed by atoms with Crippen LogP contribution in [0.3, 0.4) is 0 Å². The summed E-state index contributed by atoms with van der Waals surface area (Å²) in [5.74, 6) is -1.18. The van der Waals surface area contributed by atoms with E-state index in [2.05, 4.69) is 5.32 Å². The standard InChI is InChI=1S/C15H19ClN2O3/c16-13-3-1-11(2-4-13)5-7-17-14(19)10-18-8-6-12(9-18)15(20)21/h1-4,12H,5-10H2,(H,17,19)(H,20,21). The Morgan fingerprint density at radius 3 is 2.67 bits per heavy atom. The van der Waals surface area contributed by atoms with E-state index in [1.807, 2.05) is 29.2 Å². The van der Waals surface area contributed by atoms with Crippen LogP contribution >= 0.6 is 11.6 Å². The summed E-state index contributed by atoms with van der Waals surface area (Å²) in [6, 6.07) is 7.53. The van der Waals surface area contributed by atoms with E-state index in [1.54, 1.807) is 0 Å². The number of aliphatic carboxylic acids is 1. The molecule has 2 N–H and O–H groups in total. The third-order valence-corrected chi connectivity index (χ3v) is 3.89. The largest absolute Gasteiger partial charge is 0.481 e. The summed E-state index contributed by atoms with van der Waals surface area (Å²) in [5, 5.41) is 12.5. The molecule has 1 aromatic carbocycles. The number of amides is 1. The van der Waals surface area contributed by atoms with E-state index >= 15 is 0 Å². The molecule has 0 spiro atoms. The Kier molecular flexibility index (Phi) is 5.59. The van der Waals surface area contributed by atoms with Gasteiger partial charge in [0.15, 0.2) is 0 Å². The number of hydrogen-bond donors (Lipinski definition) is 2. The van der Waals surface area contributed by atoms with Gasteiger partial charge in [-0.25, -0.2) is 0 Å². The summed E-state index contributed by atoms with van der Waals surface area (Å²) in [5.41, 5.74) is 1.12. The van der Waals surface area contributed by atoms with Crippen molar-refractivity contribution in [3.63, 3.8) is 0 Å².